The Morgan fingerprint density at radius 3 is 2.60 bits per heavy atom. The number of morpholine rings is 1. The van der Waals surface area contributed by atoms with E-state index in [1.807, 2.05) is 23.1 Å². The number of nitrogens with zero attached hydrogens (tertiary/aromatic N) is 1. The Labute approximate surface area is 119 Å². The molecule has 2 aromatic rings. The van der Waals surface area contributed by atoms with Crippen molar-refractivity contribution in [3.63, 3.8) is 0 Å². The molecule has 0 atom stereocenters. The average molecular weight is 269 g/mol. The fraction of sp³-hybridized carbons (Fsp3) is 0.353. The van der Waals surface area contributed by atoms with Gasteiger partial charge >= 0.3 is 0 Å². The number of rotatable bonds is 1. The maximum atomic E-state index is 12.5. The van der Waals surface area contributed by atoms with Crippen molar-refractivity contribution in [2.45, 2.75) is 13.8 Å². The molecule has 1 saturated heterocycles. The van der Waals surface area contributed by atoms with Gasteiger partial charge in [-0.2, -0.15) is 0 Å². The van der Waals surface area contributed by atoms with Gasteiger partial charge in [0.1, 0.15) is 0 Å². The molecule has 1 amide bonds. The highest BCUT2D eigenvalue weighted by molar-refractivity contribution is 5.99. The smallest absolute Gasteiger partial charge is 0.254 e. The van der Waals surface area contributed by atoms with Crippen LogP contribution in [0, 0.1) is 13.8 Å². The maximum absolute atomic E-state index is 12.5. The highest BCUT2D eigenvalue weighted by Crippen LogP contribution is 2.22. The van der Waals surface area contributed by atoms with E-state index >= 15 is 0 Å². The molecule has 20 heavy (non-hydrogen) atoms. The van der Waals surface area contributed by atoms with Gasteiger partial charge < -0.3 is 9.64 Å². The van der Waals surface area contributed by atoms with E-state index < -0.39 is 0 Å². The van der Waals surface area contributed by atoms with Crippen molar-refractivity contribution in [1.29, 1.82) is 0 Å². The van der Waals surface area contributed by atoms with Gasteiger partial charge in [0.2, 0.25) is 0 Å². The third-order valence-electron chi connectivity index (χ3n) is 3.85. The van der Waals surface area contributed by atoms with E-state index in [0.717, 1.165) is 10.9 Å². The molecule has 3 heteroatoms. The van der Waals surface area contributed by atoms with Crippen molar-refractivity contribution in [1.82, 2.24) is 4.90 Å². The number of carbonyl (C=O) groups is 1. The number of amides is 1. The maximum Gasteiger partial charge on any atom is 0.254 e. The van der Waals surface area contributed by atoms with Gasteiger partial charge in [0.05, 0.1) is 13.2 Å². The molecule has 0 bridgehead atoms. The van der Waals surface area contributed by atoms with Gasteiger partial charge in [-0.05, 0) is 42.3 Å². The van der Waals surface area contributed by atoms with Crippen molar-refractivity contribution in [3.8, 4) is 0 Å². The molecule has 0 spiro atoms. The van der Waals surface area contributed by atoms with Gasteiger partial charge in [-0.3, -0.25) is 4.79 Å². The minimum atomic E-state index is 0.107. The number of carbonyl (C=O) groups excluding carboxylic acids is 1. The van der Waals surface area contributed by atoms with E-state index in [9.17, 15) is 4.79 Å². The first-order valence-electron chi connectivity index (χ1n) is 7.03. The average Bonchev–Trinajstić information content (AvgIpc) is 2.47. The molecular formula is C17H19NO2. The Hall–Kier alpha value is -1.87. The van der Waals surface area contributed by atoms with E-state index in [0.29, 0.717) is 26.3 Å². The quantitative estimate of drug-likeness (QED) is 0.796. The molecule has 1 fully saturated rings. The summed E-state index contributed by atoms with van der Waals surface area (Å²) in [5.41, 5.74) is 3.24. The molecule has 0 radical (unpaired) electrons. The van der Waals surface area contributed by atoms with E-state index in [1.165, 1.54) is 16.5 Å². The lowest BCUT2D eigenvalue weighted by atomic mass is 9.99. The molecular weight excluding hydrogens is 250 g/mol. The Kier molecular flexibility index (Phi) is 3.45. The Balaban J connectivity index is 1.98. The van der Waals surface area contributed by atoms with Crippen molar-refractivity contribution < 1.29 is 9.53 Å². The largest absolute Gasteiger partial charge is 0.378 e. The van der Waals surface area contributed by atoms with E-state index in [1.54, 1.807) is 0 Å². The molecule has 1 aliphatic heterocycles. The number of hydrogen-bond donors (Lipinski definition) is 0. The summed E-state index contributed by atoms with van der Waals surface area (Å²) in [6.45, 7) is 6.83. The van der Waals surface area contributed by atoms with Gasteiger partial charge in [0.15, 0.2) is 0 Å². The normalized spacial score (nSPS) is 15.6. The minimum absolute atomic E-state index is 0.107. The van der Waals surface area contributed by atoms with Gasteiger partial charge in [-0.15, -0.1) is 0 Å². The Bertz CT molecular complexity index is 657. The summed E-state index contributed by atoms with van der Waals surface area (Å²) in [6, 6.07) is 10.3. The van der Waals surface area contributed by atoms with E-state index in [2.05, 4.69) is 26.0 Å². The summed E-state index contributed by atoms with van der Waals surface area (Å²) in [6.07, 6.45) is 0. The number of ether oxygens (including phenoxy) is 1. The predicted molar refractivity (Wildman–Crippen MR) is 80.1 cm³/mol. The fourth-order valence-electron chi connectivity index (χ4n) is 2.81. The predicted octanol–water partition coefficient (Wildman–Crippen LogP) is 2.93. The summed E-state index contributed by atoms with van der Waals surface area (Å²) in [5.74, 6) is 0.107. The van der Waals surface area contributed by atoms with Crippen molar-refractivity contribution >= 4 is 16.7 Å². The molecule has 104 valence electrons. The number of fused-ring (bicyclic) bond motifs is 1. The second-order valence-corrected chi connectivity index (χ2v) is 5.42. The molecule has 0 unspecified atom stereocenters. The Morgan fingerprint density at radius 1 is 1.10 bits per heavy atom. The van der Waals surface area contributed by atoms with E-state index in [-0.39, 0.29) is 5.91 Å². The first-order chi connectivity index (χ1) is 9.65. The lowest BCUT2D eigenvalue weighted by molar-refractivity contribution is 0.0303. The van der Waals surface area contributed by atoms with Crippen molar-refractivity contribution in [3.05, 3.63) is 47.0 Å². The van der Waals surface area contributed by atoms with Crippen LogP contribution in [0.15, 0.2) is 30.3 Å². The number of hydrogen-bond acceptors (Lipinski definition) is 2. The molecule has 0 aromatic heterocycles. The van der Waals surface area contributed by atoms with Crippen LogP contribution in [-0.4, -0.2) is 37.1 Å². The lowest BCUT2D eigenvalue weighted by Gasteiger charge is -2.27. The van der Waals surface area contributed by atoms with Crippen LogP contribution >= 0.6 is 0 Å². The summed E-state index contributed by atoms with van der Waals surface area (Å²) in [4.78, 5) is 14.4. The highest BCUT2D eigenvalue weighted by Gasteiger charge is 2.18. The zero-order valence-corrected chi connectivity index (χ0v) is 12.0. The fourth-order valence-corrected chi connectivity index (χ4v) is 2.81. The van der Waals surface area contributed by atoms with Crippen LogP contribution in [0.25, 0.3) is 10.8 Å². The second kappa shape index (κ2) is 5.25. The summed E-state index contributed by atoms with van der Waals surface area (Å²) in [5, 5.41) is 2.36. The molecule has 0 saturated carbocycles. The van der Waals surface area contributed by atoms with Crippen LogP contribution in [0.3, 0.4) is 0 Å². The SMILES string of the molecule is Cc1cc(C)c2cc(C(=O)N3CCOCC3)ccc2c1. The number of benzene rings is 2. The standard InChI is InChI=1S/C17H19NO2/c1-12-9-13(2)16-11-15(4-3-14(16)10-12)17(19)18-5-7-20-8-6-18/h3-4,9-11H,5-8H2,1-2H3. The van der Waals surface area contributed by atoms with Gasteiger partial charge in [0.25, 0.3) is 5.91 Å². The molecule has 0 aliphatic carbocycles. The molecule has 0 N–H and O–H groups in total. The third-order valence-corrected chi connectivity index (χ3v) is 3.85. The zero-order chi connectivity index (χ0) is 14.1. The van der Waals surface area contributed by atoms with Crippen LogP contribution in [0.4, 0.5) is 0 Å². The first-order valence-corrected chi connectivity index (χ1v) is 7.03. The summed E-state index contributed by atoms with van der Waals surface area (Å²) < 4.78 is 5.29. The molecule has 3 nitrogen and oxygen atoms in total. The van der Waals surface area contributed by atoms with Gasteiger partial charge in [-0.25, -0.2) is 0 Å². The molecule has 3 rings (SSSR count). The lowest BCUT2D eigenvalue weighted by Crippen LogP contribution is -2.40. The van der Waals surface area contributed by atoms with Gasteiger partial charge in [0, 0.05) is 18.7 Å². The molecule has 1 heterocycles. The molecule has 2 aromatic carbocycles. The summed E-state index contributed by atoms with van der Waals surface area (Å²) in [7, 11) is 0. The highest BCUT2D eigenvalue weighted by atomic mass is 16.5. The topological polar surface area (TPSA) is 29.5 Å². The zero-order valence-electron chi connectivity index (χ0n) is 12.0. The van der Waals surface area contributed by atoms with Crippen LogP contribution in [0.1, 0.15) is 21.5 Å². The number of aryl methyl sites for hydroxylation is 2. The van der Waals surface area contributed by atoms with Crippen molar-refractivity contribution in [2.75, 3.05) is 26.3 Å². The van der Waals surface area contributed by atoms with Crippen LogP contribution in [0.2, 0.25) is 0 Å². The van der Waals surface area contributed by atoms with Crippen molar-refractivity contribution in [2.24, 2.45) is 0 Å². The van der Waals surface area contributed by atoms with Crippen LogP contribution in [-0.2, 0) is 4.74 Å². The third kappa shape index (κ3) is 2.41. The minimum Gasteiger partial charge on any atom is -0.378 e. The van der Waals surface area contributed by atoms with Crippen LogP contribution < -0.4 is 0 Å². The first kappa shape index (κ1) is 13.1. The monoisotopic (exact) mass is 269 g/mol. The summed E-state index contributed by atoms with van der Waals surface area (Å²) >= 11 is 0. The van der Waals surface area contributed by atoms with Crippen LogP contribution in [0.5, 0.6) is 0 Å². The molecule has 1 aliphatic rings. The van der Waals surface area contributed by atoms with E-state index in [4.69, 9.17) is 4.74 Å². The second-order valence-electron chi connectivity index (χ2n) is 5.42. The van der Waals surface area contributed by atoms with Gasteiger partial charge in [-0.1, -0.05) is 23.8 Å². The Morgan fingerprint density at radius 2 is 1.85 bits per heavy atom.